The summed E-state index contributed by atoms with van der Waals surface area (Å²) in [6, 6.07) is 0.358. The molecule has 1 amide bonds. The molecule has 1 aromatic rings. The van der Waals surface area contributed by atoms with Crippen LogP contribution in [0, 0.1) is 0 Å². The molecule has 112 valence electrons. The van der Waals surface area contributed by atoms with Gasteiger partial charge in [0.2, 0.25) is 0 Å². The number of nitrogens with two attached hydrogens (primary N) is 1. The Balaban J connectivity index is 1.86. The fourth-order valence-corrected chi connectivity index (χ4v) is 3.16. The summed E-state index contributed by atoms with van der Waals surface area (Å²) >= 11 is 1.28. The number of hydrogen-bond acceptors (Lipinski definition) is 6. The van der Waals surface area contributed by atoms with Gasteiger partial charge in [0.15, 0.2) is 5.13 Å². The van der Waals surface area contributed by atoms with Gasteiger partial charge in [0.1, 0.15) is 10.7 Å². The van der Waals surface area contributed by atoms with E-state index in [-0.39, 0.29) is 5.91 Å². The van der Waals surface area contributed by atoms with Gasteiger partial charge in [-0.05, 0) is 32.9 Å². The van der Waals surface area contributed by atoms with Crippen molar-refractivity contribution in [1.29, 1.82) is 0 Å². The number of aromatic nitrogens is 1. The lowest BCUT2D eigenvalue weighted by Gasteiger charge is -2.32. The van der Waals surface area contributed by atoms with Crippen LogP contribution < -0.4 is 16.4 Å². The minimum atomic E-state index is -0.134. The van der Waals surface area contributed by atoms with E-state index in [0.717, 1.165) is 13.1 Å². The Hall–Kier alpha value is -1.34. The van der Waals surface area contributed by atoms with E-state index in [0.29, 0.717) is 28.4 Å². The number of likely N-dealkylation sites (tertiary alicyclic amines) is 1. The van der Waals surface area contributed by atoms with E-state index in [4.69, 9.17) is 5.73 Å². The normalized spacial score (nSPS) is 17.7. The van der Waals surface area contributed by atoms with E-state index in [1.165, 1.54) is 30.6 Å². The number of nitrogen functional groups attached to an aromatic ring is 1. The summed E-state index contributed by atoms with van der Waals surface area (Å²) in [5, 5.41) is 6.52. The molecule has 1 aromatic heterocycles. The Morgan fingerprint density at radius 2 is 2.15 bits per heavy atom. The molecule has 2 heterocycles. The number of thiazole rings is 1. The third kappa shape index (κ3) is 3.61. The van der Waals surface area contributed by atoms with Gasteiger partial charge in [-0.3, -0.25) is 9.69 Å². The largest absolute Gasteiger partial charge is 0.382 e. The molecular weight excluding hydrogens is 274 g/mol. The number of anilines is 2. The predicted octanol–water partition coefficient (Wildman–Crippen LogP) is 1.37. The first-order chi connectivity index (χ1) is 9.61. The van der Waals surface area contributed by atoms with Gasteiger partial charge in [-0.25, -0.2) is 4.98 Å². The first-order valence-electron chi connectivity index (χ1n) is 7.08. The van der Waals surface area contributed by atoms with Gasteiger partial charge in [-0.15, -0.1) is 0 Å². The fourth-order valence-electron chi connectivity index (χ4n) is 2.41. The third-order valence-corrected chi connectivity index (χ3v) is 4.73. The Morgan fingerprint density at radius 3 is 2.75 bits per heavy atom. The van der Waals surface area contributed by atoms with E-state index in [1.807, 2.05) is 0 Å². The van der Waals surface area contributed by atoms with Crippen LogP contribution in [-0.2, 0) is 0 Å². The molecule has 0 radical (unpaired) electrons. The van der Waals surface area contributed by atoms with Crippen molar-refractivity contribution in [3.05, 3.63) is 4.88 Å². The van der Waals surface area contributed by atoms with Crippen molar-refractivity contribution in [3.63, 3.8) is 0 Å². The molecule has 1 atom stereocenters. The minimum absolute atomic E-state index is 0.134. The van der Waals surface area contributed by atoms with Crippen molar-refractivity contribution in [1.82, 2.24) is 15.2 Å². The zero-order valence-corrected chi connectivity index (χ0v) is 12.9. The lowest BCUT2D eigenvalue weighted by molar-refractivity contribution is 0.0934. The van der Waals surface area contributed by atoms with Crippen molar-refractivity contribution < 1.29 is 4.79 Å². The Kier molecular flexibility index (Phi) is 5.19. The zero-order chi connectivity index (χ0) is 14.5. The number of rotatable bonds is 5. The van der Waals surface area contributed by atoms with Gasteiger partial charge in [-0.2, -0.15) is 0 Å². The van der Waals surface area contributed by atoms with E-state index in [2.05, 4.69) is 27.4 Å². The van der Waals surface area contributed by atoms with Gasteiger partial charge in [0.05, 0.1) is 0 Å². The monoisotopic (exact) mass is 297 g/mol. The Labute approximate surface area is 123 Å². The van der Waals surface area contributed by atoms with Crippen molar-refractivity contribution in [3.8, 4) is 0 Å². The molecule has 7 heteroatoms. The molecule has 0 aromatic carbocycles. The molecule has 2 rings (SSSR count). The van der Waals surface area contributed by atoms with Crippen LogP contribution in [0.4, 0.5) is 10.9 Å². The molecule has 0 spiro atoms. The van der Waals surface area contributed by atoms with Crippen LogP contribution in [-0.4, -0.2) is 48.5 Å². The second-order valence-electron chi connectivity index (χ2n) is 5.14. The van der Waals surface area contributed by atoms with E-state index < -0.39 is 0 Å². The average Bonchev–Trinajstić information content (AvgIpc) is 2.86. The number of nitrogens with zero attached hydrogens (tertiary/aromatic N) is 2. The second kappa shape index (κ2) is 6.90. The highest BCUT2D eigenvalue weighted by molar-refractivity contribution is 7.18. The number of piperidine rings is 1. The van der Waals surface area contributed by atoms with Crippen LogP contribution in [0.5, 0.6) is 0 Å². The molecule has 0 bridgehead atoms. The molecule has 0 saturated carbocycles. The highest BCUT2D eigenvalue weighted by Crippen LogP contribution is 2.24. The van der Waals surface area contributed by atoms with Crippen molar-refractivity contribution in [2.75, 3.05) is 37.7 Å². The summed E-state index contributed by atoms with van der Waals surface area (Å²) in [5.74, 6) is 0.160. The highest BCUT2D eigenvalue weighted by atomic mass is 32.1. The molecule has 4 N–H and O–H groups in total. The molecule has 1 fully saturated rings. The average molecular weight is 297 g/mol. The summed E-state index contributed by atoms with van der Waals surface area (Å²) in [7, 11) is 1.76. The predicted molar refractivity (Wildman–Crippen MR) is 83.3 cm³/mol. The lowest BCUT2D eigenvalue weighted by Crippen LogP contribution is -2.44. The molecular formula is C13H23N5OS. The molecule has 0 aliphatic carbocycles. The topological polar surface area (TPSA) is 83.3 Å². The van der Waals surface area contributed by atoms with Crippen LogP contribution in [0.2, 0.25) is 0 Å². The first-order valence-corrected chi connectivity index (χ1v) is 7.89. The summed E-state index contributed by atoms with van der Waals surface area (Å²) in [5.41, 5.74) is 5.76. The third-order valence-electron chi connectivity index (χ3n) is 3.65. The number of nitrogens with one attached hydrogen (secondary N) is 2. The van der Waals surface area contributed by atoms with Crippen molar-refractivity contribution in [2.24, 2.45) is 0 Å². The summed E-state index contributed by atoms with van der Waals surface area (Å²) in [6.45, 7) is 5.05. The summed E-state index contributed by atoms with van der Waals surface area (Å²) in [4.78, 5) is 19.1. The van der Waals surface area contributed by atoms with E-state index >= 15 is 0 Å². The van der Waals surface area contributed by atoms with Gasteiger partial charge in [0, 0.05) is 19.6 Å². The molecule has 1 aliphatic rings. The molecule has 1 saturated heterocycles. The standard InChI is InChI=1S/C13H23N5OS/c1-9(18-6-4-3-5-7-18)8-16-12(19)10-11(14)17-13(15-2)20-10/h9H,3-8,14H2,1-2H3,(H,15,17)(H,16,19). The zero-order valence-electron chi connectivity index (χ0n) is 12.1. The second-order valence-corrected chi connectivity index (χ2v) is 6.14. The summed E-state index contributed by atoms with van der Waals surface area (Å²) in [6.07, 6.45) is 3.83. The van der Waals surface area contributed by atoms with Gasteiger partial charge < -0.3 is 16.4 Å². The van der Waals surface area contributed by atoms with Crippen LogP contribution in [0.3, 0.4) is 0 Å². The van der Waals surface area contributed by atoms with Crippen molar-refractivity contribution in [2.45, 2.75) is 32.2 Å². The van der Waals surface area contributed by atoms with Crippen molar-refractivity contribution >= 4 is 28.2 Å². The molecule has 20 heavy (non-hydrogen) atoms. The Bertz CT molecular complexity index is 456. The minimum Gasteiger partial charge on any atom is -0.382 e. The lowest BCUT2D eigenvalue weighted by atomic mass is 10.1. The van der Waals surface area contributed by atoms with Crippen LogP contribution in [0.15, 0.2) is 0 Å². The van der Waals surface area contributed by atoms with Crippen LogP contribution in [0.25, 0.3) is 0 Å². The number of carbonyl (C=O) groups excluding carboxylic acids is 1. The quantitative estimate of drug-likeness (QED) is 0.764. The number of hydrogen-bond donors (Lipinski definition) is 3. The van der Waals surface area contributed by atoms with E-state index in [1.54, 1.807) is 7.05 Å². The fraction of sp³-hybridized carbons (Fsp3) is 0.692. The van der Waals surface area contributed by atoms with Crippen LogP contribution >= 0.6 is 11.3 Å². The smallest absolute Gasteiger partial charge is 0.265 e. The molecule has 1 aliphatic heterocycles. The first kappa shape index (κ1) is 15.1. The molecule has 1 unspecified atom stereocenters. The maximum Gasteiger partial charge on any atom is 0.265 e. The maximum absolute atomic E-state index is 12.1. The van der Waals surface area contributed by atoms with E-state index in [9.17, 15) is 4.79 Å². The van der Waals surface area contributed by atoms with Crippen LogP contribution in [0.1, 0.15) is 35.9 Å². The SMILES string of the molecule is CNc1nc(N)c(C(=O)NCC(C)N2CCCCC2)s1. The molecule has 6 nitrogen and oxygen atoms in total. The maximum atomic E-state index is 12.1. The Morgan fingerprint density at radius 1 is 1.45 bits per heavy atom. The van der Waals surface area contributed by atoms with Gasteiger partial charge in [-0.1, -0.05) is 17.8 Å². The summed E-state index contributed by atoms with van der Waals surface area (Å²) < 4.78 is 0. The van der Waals surface area contributed by atoms with Gasteiger partial charge >= 0.3 is 0 Å². The number of amides is 1. The number of carbonyl (C=O) groups is 1. The van der Waals surface area contributed by atoms with Gasteiger partial charge in [0.25, 0.3) is 5.91 Å². The highest BCUT2D eigenvalue weighted by Gasteiger charge is 2.19.